The molecule has 3 rings (SSSR count). The SMILES string of the molecule is COc1cccc(F)c1C1CC1COc1ccnc(NN)c1C(F)(F)F. The Morgan fingerprint density at radius 3 is 2.69 bits per heavy atom. The highest BCUT2D eigenvalue weighted by molar-refractivity contribution is 5.52. The summed E-state index contributed by atoms with van der Waals surface area (Å²) < 4.78 is 64.4. The maximum absolute atomic E-state index is 14.1. The van der Waals surface area contributed by atoms with Gasteiger partial charge in [-0.1, -0.05) is 6.07 Å². The number of pyridine rings is 1. The van der Waals surface area contributed by atoms with Gasteiger partial charge < -0.3 is 14.9 Å². The fourth-order valence-electron chi connectivity index (χ4n) is 2.98. The van der Waals surface area contributed by atoms with Gasteiger partial charge >= 0.3 is 6.18 Å². The minimum absolute atomic E-state index is 0.0132. The highest BCUT2D eigenvalue weighted by atomic mass is 19.4. The summed E-state index contributed by atoms with van der Waals surface area (Å²) in [5.41, 5.74) is 1.29. The van der Waals surface area contributed by atoms with Crippen molar-refractivity contribution in [1.29, 1.82) is 0 Å². The predicted molar refractivity (Wildman–Crippen MR) is 86.3 cm³/mol. The molecule has 9 heteroatoms. The molecule has 1 aromatic heterocycles. The van der Waals surface area contributed by atoms with Crippen LogP contribution in [0.3, 0.4) is 0 Å². The molecule has 140 valence electrons. The molecule has 1 aromatic carbocycles. The van der Waals surface area contributed by atoms with E-state index in [2.05, 4.69) is 4.98 Å². The number of nitrogens with one attached hydrogen (secondary N) is 1. The van der Waals surface area contributed by atoms with Crippen molar-refractivity contribution in [2.45, 2.75) is 18.5 Å². The van der Waals surface area contributed by atoms with Gasteiger partial charge in [-0.15, -0.1) is 0 Å². The number of anilines is 1. The Labute approximate surface area is 147 Å². The van der Waals surface area contributed by atoms with E-state index in [0.717, 1.165) is 6.07 Å². The van der Waals surface area contributed by atoms with E-state index in [1.54, 1.807) is 12.1 Å². The third-order valence-corrected chi connectivity index (χ3v) is 4.31. The lowest BCUT2D eigenvalue weighted by molar-refractivity contribution is -0.138. The number of aromatic nitrogens is 1. The molecule has 0 amide bonds. The van der Waals surface area contributed by atoms with E-state index in [0.29, 0.717) is 17.7 Å². The molecule has 2 atom stereocenters. The Hall–Kier alpha value is -2.55. The molecule has 0 saturated heterocycles. The van der Waals surface area contributed by atoms with Gasteiger partial charge in [0.2, 0.25) is 0 Å². The summed E-state index contributed by atoms with van der Waals surface area (Å²) in [4.78, 5) is 3.56. The first-order valence-corrected chi connectivity index (χ1v) is 7.84. The van der Waals surface area contributed by atoms with Gasteiger partial charge in [0.1, 0.15) is 22.9 Å². The van der Waals surface area contributed by atoms with Crippen LogP contribution in [0.15, 0.2) is 30.5 Å². The van der Waals surface area contributed by atoms with E-state index in [1.807, 2.05) is 5.43 Å². The molecular weight excluding hydrogens is 354 g/mol. The van der Waals surface area contributed by atoms with E-state index in [9.17, 15) is 17.6 Å². The van der Waals surface area contributed by atoms with Gasteiger partial charge in [-0.25, -0.2) is 15.2 Å². The fourth-order valence-corrected chi connectivity index (χ4v) is 2.98. The van der Waals surface area contributed by atoms with Crippen LogP contribution < -0.4 is 20.7 Å². The lowest BCUT2D eigenvalue weighted by Crippen LogP contribution is -2.18. The average molecular weight is 371 g/mol. The predicted octanol–water partition coefficient (Wildman–Crippen LogP) is 3.72. The Kier molecular flexibility index (Phi) is 4.90. The van der Waals surface area contributed by atoms with Crippen molar-refractivity contribution in [3.63, 3.8) is 0 Å². The summed E-state index contributed by atoms with van der Waals surface area (Å²) in [5.74, 6) is 3.98. The van der Waals surface area contributed by atoms with Crippen LogP contribution in [0.2, 0.25) is 0 Å². The number of methoxy groups -OCH3 is 1. The number of halogens is 4. The molecule has 0 spiro atoms. The topological polar surface area (TPSA) is 69.4 Å². The summed E-state index contributed by atoms with van der Waals surface area (Å²) in [6.07, 6.45) is -2.90. The zero-order chi connectivity index (χ0) is 18.9. The molecular formula is C17H17F4N3O2. The molecule has 5 nitrogen and oxygen atoms in total. The number of nitrogens with two attached hydrogens (primary N) is 1. The number of nitrogen functional groups attached to an aromatic ring is 1. The van der Waals surface area contributed by atoms with Crippen LogP contribution in [0.1, 0.15) is 23.5 Å². The van der Waals surface area contributed by atoms with Gasteiger partial charge in [0.25, 0.3) is 0 Å². The van der Waals surface area contributed by atoms with Gasteiger partial charge in [-0.3, -0.25) is 0 Å². The quantitative estimate of drug-likeness (QED) is 0.460. The summed E-state index contributed by atoms with van der Waals surface area (Å²) >= 11 is 0. The maximum Gasteiger partial charge on any atom is 0.423 e. The number of hydrazine groups is 1. The smallest absolute Gasteiger partial charge is 0.423 e. The second kappa shape index (κ2) is 6.99. The van der Waals surface area contributed by atoms with Gasteiger partial charge in [0.05, 0.1) is 13.7 Å². The van der Waals surface area contributed by atoms with Crippen LogP contribution in [0, 0.1) is 11.7 Å². The fraction of sp³-hybridized carbons (Fsp3) is 0.353. The number of benzene rings is 1. The van der Waals surface area contributed by atoms with E-state index in [4.69, 9.17) is 15.3 Å². The molecule has 26 heavy (non-hydrogen) atoms. The zero-order valence-electron chi connectivity index (χ0n) is 13.8. The molecule has 3 N–H and O–H groups in total. The molecule has 2 unspecified atom stereocenters. The number of nitrogens with zero attached hydrogens (tertiary/aromatic N) is 1. The van der Waals surface area contributed by atoms with Crippen LogP contribution in [0.25, 0.3) is 0 Å². The maximum atomic E-state index is 14.1. The minimum Gasteiger partial charge on any atom is -0.496 e. The lowest BCUT2D eigenvalue weighted by Gasteiger charge is -2.16. The van der Waals surface area contributed by atoms with E-state index >= 15 is 0 Å². The van der Waals surface area contributed by atoms with Gasteiger partial charge in [0, 0.05) is 17.7 Å². The number of rotatable bonds is 6. The zero-order valence-corrected chi connectivity index (χ0v) is 13.8. The first-order valence-electron chi connectivity index (χ1n) is 7.84. The van der Waals surface area contributed by atoms with Crippen molar-refractivity contribution in [3.8, 4) is 11.5 Å². The normalized spacial score (nSPS) is 19.2. The van der Waals surface area contributed by atoms with Crippen molar-refractivity contribution >= 4 is 5.82 Å². The summed E-state index contributed by atoms with van der Waals surface area (Å²) in [6.45, 7) is 0.0132. The van der Waals surface area contributed by atoms with Gasteiger partial charge in [-0.05, 0) is 30.5 Å². The largest absolute Gasteiger partial charge is 0.496 e. The van der Waals surface area contributed by atoms with Gasteiger partial charge in [-0.2, -0.15) is 13.2 Å². The van der Waals surface area contributed by atoms with Crippen LogP contribution in [0.5, 0.6) is 11.5 Å². The summed E-state index contributed by atoms with van der Waals surface area (Å²) in [6, 6.07) is 5.65. The molecule has 1 saturated carbocycles. The standard InChI is InChI=1S/C17H17F4N3O2/c1-25-12-4-2-3-11(18)14(12)10-7-9(10)8-26-13-5-6-23-16(24-22)15(13)17(19,20)21/h2-6,9-10H,7-8,22H2,1H3,(H,23,24). The van der Waals surface area contributed by atoms with E-state index in [1.165, 1.54) is 19.4 Å². The van der Waals surface area contributed by atoms with Crippen molar-refractivity contribution in [2.75, 3.05) is 19.1 Å². The van der Waals surface area contributed by atoms with E-state index < -0.39 is 23.4 Å². The number of ether oxygens (including phenoxy) is 2. The van der Waals surface area contributed by atoms with Crippen molar-refractivity contribution in [2.24, 2.45) is 11.8 Å². The Balaban J connectivity index is 1.75. The van der Waals surface area contributed by atoms with Crippen LogP contribution >= 0.6 is 0 Å². The van der Waals surface area contributed by atoms with Crippen molar-refractivity contribution in [3.05, 3.63) is 47.4 Å². The molecule has 1 heterocycles. The van der Waals surface area contributed by atoms with Crippen LogP contribution in [-0.2, 0) is 6.18 Å². The van der Waals surface area contributed by atoms with Crippen LogP contribution in [0.4, 0.5) is 23.4 Å². The molecule has 0 aliphatic heterocycles. The summed E-state index contributed by atoms with van der Waals surface area (Å²) in [5, 5.41) is 0. The van der Waals surface area contributed by atoms with E-state index in [-0.39, 0.29) is 24.2 Å². The summed E-state index contributed by atoms with van der Waals surface area (Å²) in [7, 11) is 1.44. The molecule has 0 bridgehead atoms. The third kappa shape index (κ3) is 3.52. The molecule has 1 fully saturated rings. The molecule has 1 aliphatic carbocycles. The molecule has 2 aromatic rings. The average Bonchev–Trinajstić information content (AvgIpc) is 3.37. The second-order valence-electron chi connectivity index (χ2n) is 5.94. The highest BCUT2D eigenvalue weighted by Crippen LogP contribution is 2.51. The Morgan fingerprint density at radius 2 is 2.04 bits per heavy atom. The van der Waals surface area contributed by atoms with Crippen LogP contribution in [-0.4, -0.2) is 18.7 Å². The first kappa shape index (κ1) is 18.2. The molecule has 1 aliphatic rings. The Morgan fingerprint density at radius 1 is 1.27 bits per heavy atom. The lowest BCUT2D eigenvalue weighted by atomic mass is 10.1. The molecule has 0 radical (unpaired) electrons. The number of hydrogen-bond acceptors (Lipinski definition) is 5. The number of alkyl halides is 3. The number of hydrogen-bond donors (Lipinski definition) is 2. The minimum atomic E-state index is -4.68. The third-order valence-electron chi connectivity index (χ3n) is 4.31. The first-order chi connectivity index (χ1) is 12.4. The van der Waals surface area contributed by atoms with Gasteiger partial charge in [0.15, 0.2) is 5.82 Å². The van der Waals surface area contributed by atoms with Crippen molar-refractivity contribution in [1.82, 2.24) is 4.98 Å². The second-order valence-corrected chi connectivity index (χ2v) is 5.94. The highest BCUT2D eigenvalue weighted by Gasteiger charge is 2.43. The monoisotopic (exact) mass is 371 g/mol. The Bertz CT molecular complexity index is 798. The van der Waals surface area contributed by atoms with Crippen molar-refractivity contribution < 1.29 is 27.0 Å².